The van der Waals surface area contributed by atoms with Crippen molar-refractivity contribution in [1.82, 2.24) is 19.6 Å². The molecule has 1 aliphatic heterocycles. The fourth-order valence-corrected chi connectivity index (χ4v) is 7.11. The number of carbonyl (C=O) groups is 2. The quantitative estimate of drug-likeness (QED) is 0.0723. The number of amides is 1. The number of nitrogens with zero attached hydrogens (tertiary/aromatic N) is 5. The lowest BCUT2D eigenvalue weighted by atomic mass is 9.96. The second-order valence-electron chi connectivity index (χ2n) is 9.04. The zero-order valence-electron chi connectivity index (χ0n) is 21.1. The van der Waals surface area contributed by atoms with Crippen molar-refractivity contribution in [2.24, 2.45) is 0 Å². The monoisotopic (exact) mass is 625 g/mol. The summed E-state index contributed by atoms with van der Waals surface area (Å²) in [5.74, 6) is -2.60. The number of ketones is 1. The van der Waals surface area contributed by atoms with Crippen molar-refractivity contribution < 1.29 is 19.1 Å². The molecule has 0 spiro atoms. The van der Waals surface area contributed by atoms with Gasteiger partial charge in [0.25, 0.3) is 5.78 Å². The highest BCUT2D eigenvalue weighted by Gasteiger charge is 2.49. The van der Waals surface area contributed by atoms with Crippen LogP contribution in [0.3, 0.4) is 0 Å². The smallest absolute Gasteiger partial charge is 0.301 e. The van der Waals surface area contributed by atoms with Crippen molar-refractivity contribution in [3.05, 3.63) is 111 Å². The van der Waals surface area contributed by atoms with Crippen LogP contribution in [0.15, 0.2) is 76.8 Å². The van der Waals surface area contributed by atoms with Crippen LogP contribution in [0.1, 0.15) is 28.6 Å². The lowest BCUT2D eigenvalue weighted by Gasteiger charge is -2.22. The molecule has 0 radical (unpaired) electrons. The number of imidazole rings is 1. The molecular weight excluding hydrogens is 608 g/mol. The maximum absolute atomic E-state index is 15.2. The van der Waals surface area contributed by atoms with Gasteiger partial charge in [0.15, 0.2) is 10.1 Å². The van der Waals surface area contributed by atoms with Gasteiger partial charge in [0.1, 0.15) is 23.2 Å². The van der Waals surface area contributed by atoms with Crippen molar-refractivity contribution in [3.8, 4) is 0 Å². The number of aromatic nitrogens is 4. The Bertz CT molecular complexity index is 1890. The molecule has 8 nitrogen and oxygen atoms in total. The fraction of sp³-hybridized carbons (Fsp3) is 0.107. The Hall–Kier alpha value is -3.77. The molecule has 1 amide bonds. The van der Waals surface area contributed by atoms with Gasteiger partial charge in [-0.3, -0.25) is 18.9 Å². The summed E-state index contributed by atoms with van der Waals surface area (Å²) < 4.78 is 17.4. The molecule has 13 heteroatoms. The van der Waals surface area contributed by atoms with E-state index in [2.05, 4.69) is 15.2 Å². The molecule has 1 N–H and O–H groups in total. The highest BCUT2D eigenvalue weighted by molar-refractivity contribution is 8.00. The second kappa shape index (κ2) is 10.9. The first kappa shape index (κ1) is 27.4. The van der Waals surface area contributed by atoms with Crippen LogP contribution in [0.4, 0.5) is 9.52 Å². The Morgan fingerprint density at radius 3 is 2.66 bits per heavy atom. The maximum Gasteiger partial charge on any atom is 0.301 e. The second-order valence-corrected chi connectivity index (χ2v) is 12.1. The van der Waals surface area contributed by atoms with Crippen LogP contribution < -0.4 is 4.90 Å². The molecule has 3 aromatic heterocycles. The standard InChI is InChI=1S/C28H18Cl2FN5O3S2/c1-14-22(35-11-5-4-8-20(35)32-14)24(37)21-23(17-6-2-3-7-19(17)31)36(26(39)25(21)38)27-33-34-28(41-27)40-13-15-9-10-16(29)12-18(15)30/h2-12,23,37H,13H2,1H3/b24-21+. The summed E-state index contributed by atoms with van der Waals surface area (Å²) in [7, 11) is 0. The number of rotatable bonds is 6. The number of Topliss-reactive ketones (excluding diaryl/α,β-unsaturated/α-hetero) is 1. The number of thioether (sulfide) groups is 1. The fourth-order valence-electron chi connectivity index (χ4n) is 4.68. The largest absolute Gasteiger partial charge is 0.505 e. The summed E-state index contributed by atoms with van der Waals surface area (Å²) in [5, 5.41) is 21.0. The minimum atomic E-state index is -1.29. The van der Waals surface area contributed by atoms with Gasteiger partial charge in [-0.15, -0.1) is 10.2 Å². The number of benzene rings is 2. The Morgan fingerprint density at radius 2 is 1.88 bits per heavy atom. The Balaban J connectivity index is 1.44. The number of aliphatic hydroxyl groups is 1. The minimum Gasteiger partial charge on any atom is -0.505 e. The zero-order valence-corrected chi connectivity index (χ0v) is 24.2. The summed E-state index contributed by atoms with van der Waals surface area (Å²) in [5.41, 5.74) is 1.78. The summed E-state index contributed by atoms with van der Waals surface area (Å²) >= 11 is 14.7. The van der Waals surface area contributed by atoms with Crippen molar-refractivity contribution >= 4 is 74.5 Å². The summed E-state index contributed by atoms with van der Waals surface area (Å²) in [6.07, 6.45) is 1.68. The molecule has 1 unspecified atom stereocenters. The topological polar surface area (TPSA) is 101 Å². The minimum absolute atomic E-state index is 0.0251. The van der Waals surface area contributed by atoms with Gasteiger partial charge >= 0.3 is 5.91 Å². The van der Waals surface area contributed by atoms with Gasteiger partial charge in [-0.05, 0) is 42.8 Å². The Labute approximate surface area is 251 Å². The van der Waals surface area contributed by atoms with E-state index in [1.54, 1.807) is 60.0 Å². The number of aryl methyl sites for hydroxylation is 1. The van der Waals surface area contributed by atoms with Gasteiger partial charge in [0.05, 0.1) is 11.3 Å². The third-order valence-corrected chi connectivity index (χ3v) is 9.23. The third-order valence-electron chi connectivity index (χ3n) is 6.54. The highest BCUT2D eigenvalue weighted by Crippen LogP contribution is 2.45. The lowest BCUT2D eigenvalue weighted by molar-refractivity contribution is -0.132. The number of aliphatic hydroxyl groups excluding tert-OH is 1. The number of hydrogen-bond donors (Lipinski definition) is 1. The average Bonchev–Trinajstić information content (AvgIpc) is 3.62. The van der Waals surface area contributed by atoms with Crippen LogP contribution in [0.5, 0.6) is 0 Å². The first-order chi connectivity index (χ1) is 19.7. The number of carbonyl (C=O) groups excluding carboxylic acids is 2. The summed E-state index contributed by atoms with van der Waals surface area (Å²) in [6.45, 7) is 1.68. The van der Waals surface area contributed by atoms with Gasteiger partial charge in [-0.2, -0.15) is 0 Å². The van der Waals surface area contributed by atoms with Crippen LogP contribution >= 0.6 is 46.3 Å². The average molecular weight is 627 g/mol. The van der Waals surface area contributed by atoms with Gasteiger partial charge < -0.3 is 5.11 Å². The van der Waals surface area contributed by atoms with Crippen LogP contribution in [0.25, 0.3) is 11.4 Å². The molecule has 4 heterocycles. The van der Waals surface area contributed by atoms with E-state index in [0.717, 1.165) is 21.8 Å². The lowest BCUT2D eigenvalue weighted by Crippen LogP contribution is -2.29. The van der Waals surface area contributed by atoms with Crippen LogP contribution in [-0.2, 0) is 15.3 Å². The number of anilines is 1. The molecule has 6 rings (SSSR count). The van der Waals surface area contributed by atoms with Gasteiger partial charge in [-0.25, -0.2) is 9.37 Å². The van der Waals surface area contributed by atoms with Crippen LogP contribution in [0.2, 0.25) is 10.0 Å². The normalized spacial score (nSPS) is 16.7. The maximum atomic E-state index is 15.2. The number of fused-ring (bicyclic) bond motifs is 1. The molecule has 5 aromatic rings. The molecular formula is C28H18Cl2FN5O3S2. The molecule has 1 fully saturated rings. The molecule has 1 atom stereocenters. The van der Waals surface area contributed by atoms with Crippen molar-refractivity contribution in [3.63, 3.8) is 0 Å². The van der Waals surface area contributed by atoms with Gasteiger partial charge in [0, 0.05) is 27.6 Å². The van der Waals surface area contributed by atoms with E-state index in [1.165, 1.54) is 30.0 Å². The van der Waals surface area contributed by atoms with E-state index in [1.807, 2.05) is 0 Å². The van der Waals surface area contributed by atoms with E-state index < -0.39 is 29.3 Å². The van der Waals surface area contributed by atoms with Crippen molar-refractivity contribution in [2.75, 3.05) is 4.90 Å². The summed E-state index contributed by atoms with van der Waals surface area (Å²) in [4.78, 5) is 32.5. The molecule has 206 valence electrons. The molecule has 1 aliphatic rings. The number of hydrogen-bond acceptors (Lipinski definition) is 8. The zero-order chi connectivity index (χ0) is 28.8. The van der Waals surface area contributed by atoms with Gasteiger partial charge in [0.2, 0.25) is 5.13 Å². The molecule has 0 bridgehead atoms. The first-order valence-corrected chi connectivity index (χ1v) is 14.7. The van der Waals surface area contributed by atoms with Crippen molar-refractivity contribution in [1.29, 1.82) is 0 Å². The van der Waals surface area contributed by atoms with E-state index in [-0.39, 0.29) is 22.0 Å². The van der Waals surface area contributed by atoms with E-state index in [9.17, 15) is 14.7 Å². The third kappa shape index (κ3) is 4.88. The Morgan fingerprint density at radius 1 is 1.10 bits per heavy atom. The van der Waals surface area contributed by atoms with Crippen LogP contribution in [0, 0.1) is 12.7 Å². The molecule has 0 aliphatic carbocycles. The molecule has 41 heavy (non-hydrogen) atoms. The van der Waals surface area contributed by atoms with Gasteiger partial charge in [-0.1, -0.05) is 76.6 Å². The number of halogens is 3. The van der Waals surface area contributed by atoms with E-state index in [0.29, 0.717) is 31.5 Å². The highest BCUT2D eigenvalue weighted by atomic mass is 35.5. The number of pyridine rings is 1. The summed E-state index contributed by atoms with van der Waals surface area (Å²) in [6, 6.07) is 15.0. The Kier molecular flexibility index (Phi) is 7.28. The molecule has 2 aromatic carbocycles. The predicted octanol–water partition coefficient (Wildman–Crippen LogP) is 6.86. The van der Waals surface area contributed by atoms with Crippen molar-refractivity contribution in [2.45, 2.75) is 23.1 Å². The van der Waals surface area contributed by atoms with Crippen LogP contribution in [-0.4, -0.2) is 36.4 Å². The predicted molar refractivity (Wildman–Crippen MR) is 157 cm³/mol. The van der Waals surface area contributed by atoms with E-state index in [4.69, 9.17) is 23.2 Å². The molecule has 1 saturated heterocycles. The SMILES string of the molecule is Cc1nc2ccccn2c1/C(O)=C1\C(=O)C(=O)N(c2nnc(SCc3ccc(Cl)cc3Cl)s2)C1c1ccccc1F. The first-order valence-electron chi connectivity index (χ1n) is 12.1. The van der Waals surface area contributed by atoms with E-state index >= 15 is 4.39 Å². The molecule has 0 saturated carbocycles.